The van der Waals surface area contributed by atoms with Crippen LogP contribution in [-0.4, -0.2) is 31.1 Å². The first kappa shape index (κ1) is 11.8. The number of nitrogens with one attached hydrogen (secondary N) is 1. The second kappa shape index (κ2) is 4.82. The SMILES string of the molecule is c1ccc2c(c1)CC(CN1CC3CCCC3C1)CN2. The van der Waals surface area contributed by atoms with E-state index in [1.54, 1.807) is 0 Å². The first-order valence-corrected chi connectivity index (χ1v) is 7.92. The lowest BCUT2D eigenvalue weighted by molar-refractivity contribution is 0.261. The summed E-state index contributed by atoms with van der Waals surface area (Å²) in [5.41, 5.74) is 2.87. The van der Waals surface area contributed by atoms with Crippen molar-refractivity contribution < 1.29 is 0 Å². The van der Waals surface area contributed by atoms with Crippen molar-refractivity contribution in [2.75, 3.05) is 31.5 Å². The Balaban J connectivity index is 1.38. The minimum Gasteiger partial charge on any atom is -0.384 e. The molecular formula is C17H24N2. The molecule has 102 valence electrons. The van der Waals surface area contributed by atoms with Crippen molar-refractivity contribution in [2.45, 2.75) is 25.7 Å². The van der Waals surface area contributed by atoms with Gasteiger partial charge in [-0.3, -0.25) is 0 Å². The fraction of sp³-hybridized carbons (Fsp3) is 0.647. The van der Waals surface area contributed by atoms with Crippen LogP contribution >= 0.6 is 0 Å². The molecule has 1 aliphatic carbocycles. The van der Waals surface area contributed by atoms with Crippen molar-refractivity contribution in [1.82, 2.24) is 4.90 Å². The minimum absolute atomic E-state index is 0.800. The Bertz CT molecular complexity index is 444. The highest BCUT2D eigenvalue weighted by Crippen LogP contribution is 2.38. The fourth-order valence-electron chi connectivity index (χ4n) is 4.48. The van der Waals surface area contributed by atoms with Gasteiger partial charge in [-0.05, 0) is 48.6 Å². The summed E-state index contributed by atoms with van der Waals surface area (Å²) in [6.07, 6.45) is 5.73. The number of likely N-dealkylation sites (tertiary alicyclic amines) is 1. The molecule has 3 atom stereocenters. The molecular weight excluding hydrogens is 232 g/mol. The summed E-state index contributed by atoms with van der Waals surface area (Å²) in [5, 5.41) is 3.61. The van der Waals surface area contributed by atoms with Crippen LogP contribution in [0.15, 0.2) is 24.3 Å². The fourth-order valence-corrected chi connectivity index (χ4v) is 4.48. The molecule has 1 aromatic carbocycles. The number of rotatable bonds is 2. The molecule has 2 heterocycles. The van der Waals surface area contributed by atoms with Crippen molar-refractivity contribution in [1.29, 1.82) is 0 Å². The number of hydrogen-bond donors (Lipinski definition) is 1. The summed E-state index contributed by atoms with van der Waals surface area (Å²) in [6, 6.07) is 8.80. The van der Waals surface area contributed by atoms with Crippen LogP contribution in [-0.2, 0) is 6.42 Å². The molecule has 3 aliphatic rings. The second-order valence-electron chi connectivity index (χ2n) is 6.78. The van der Waals surface area contributed by atoms with Crippen LogP contribution in [0.25, 0.3) is 0 Å². The Morgan fingerprint density at radius 3 is 2.74 bits per heavy atom. The smallest absolute Gasteiger partial charge is 0.0372 e. The molecule has 1 aromatic rings. The maximum atomic E-state index is 3.61. The van der Waals surface area contributed by atoms with E-state index in [2.05, 4.69) is 34.5 Å². The van der Waals surface area contributed by atoms with Crippen LogP contribution in [0.5, 0.6) is 0 Å². The maximum Gasteiger partial charge on any atom is 0.0372 e. The largest absolute Gasteiger partial charge is 0.384 e. The van der Waals surface area contributed by atoms with Crippen molar-refractivity contribution in [3.8, 4) is 0 Å². The molecule has 1 saturated heterocycles. The minimum atomic E-state index is 0.800. The van der Waals surface area contributed by atoms with Gasteiger partial charge in [-0.25, -0.2) is 0 Å². The molecule has 2 fully saturated rings. The monoisotopic (exact) mass is 256 g/mol. The van der Waals surface area contributed by atoms with Crippen molar-refractivity contribution in [3.05, 3.63) is 29.8 Å². The molecule has 0 amide bonds. The zero-order valence-corrected chi connectivity index (χ0v) is 11.6. The predicted octanol–water partition coefficient (Wildman–Crippen LogP) is 3.00. The van der Waals surface area contributed by atoms with Gasteiger partial charge < -0.3 is 10.2 Å². The van der Waals surface area contributed by atoms with E-state index in [0.29, 0.717) is 0 Å². The van der Waals surface area contributed by atoms with Gasteiger partial charge in [0.1, 0.15) is 0 Å². The molecule has 1 saturated carbocycles. The van der Waals surface area contributed by atoms with E-state index < -0.39 is 0 Å². The number of nitrogens with zero attached hydrogens (tertiary/aromatic N) is 1. The topological polar surface area (TPSA) is 15.3 Å². The zero-order chi connectivity index (χ0) is 12.7. The lowest BCUT2D eigenvalue weighted by Gasteiger charge is -2.29. The van der Waals surface area contributed by atoms with Crippen molar-refractivity contribution in [2.24, 2.45) is 17.8 Å². The number of benzene rings is 1. The lowest BCUT2D eigenvalue weighted by atomic mass is 9.93. The molecule has 2 aliphatic heterocycles. The van der Waals surface area contributed by atoms with E-state index >= 15 is 0 Å². The van der Waals surface area contributed by atoms with Gasteiger partial charge >= 0.3 is 0 Å². The Kier molecular flexibility index (Phi) is 2.99. The summed E-state index contributed by atoms with van der Waals surface area (Å²) in [6.45, 7) is 5.21. The Morgan fingerprint density at radius 1 is 1.11 bits per heavy atom. The quantitative estimate of drug-likeness (QED) is 0.875. The molecule has 0 aromatic heterocycles. The molecule has 0 bridgehead atoms. The third-order valence-electron chi connectivity index (χ3n) is 5.43. The van der Waals surface area contributed by atoms with Gasteiger partial charge in [0, 0.05) is 31.9 Å². The number of hydrogen-bond acceptors (Lipinski definition) is 2. The first-order valence-electron chi connectivity index (χ1n) is 7.92. The highest BCUT2D eigenvalue weighted by atomic mass is 15.2. The van der Waals surface area contributed by atoms with E-state index in [9.17, 15) is 0 Å². The van der Waals surface area contributed by atoms with Crippen LogP contribution in [0, 0.1) is 17.8 Å². The standard InChI is InChI=1S/C17H24N2/c1-2-7-17-14(4-1)8-13(9-18-17)10-19-11-15-5-3-6-16(15)12-19/h1-2,4,7,13,15-16,18H,3,5-6,8-12H2. The van der Waals surface area contributed by atoms with Crippen LogP contribution in [0.1, 0.15) is 24.8 Å². The number of fused-ring (bicyclic) bond motifs is 2. The third kappa shape index (κ3) is 2.27. The summed E-state index contributed by atoms with van der Waals surface area (Å²) in [4.78, 5) is 2.74. The number of para-hydroxylation sites is 1. The maximum absolute atomic E-state index is 3.61. The molecule has 0 spiro atoms. The molecule has 2 nitrogen and oxygen atoms in total. The molecule has 3 unspecified atom stereocenters. The summed E-state index contributed by atoms with van der Waals surface area (Å²) in [7, 11) is 0. The van der Waals surface area contributed by atoms with Gasteiger partial charge in [0.05, 0.1) is 0 Å². The van der Waals surface area contributed by atoms with E-state index in [4.69, 9.17) is 0 Å². The van der Waals surface area contributed by atoms with E-state index in [1.165, 1.54) is 56.6 Å². The van der Waals surface area contributed by atoms with Gasteiger partial charge in [0.15, 0.2) is 0 Å². The van der Waals surface area contributed by atoms with Crippen LogP contribution in [0.3, 0.4) is 0 Å². The Hall–Kier alpha value is -1.02. The average Bonchev–Trinajstić information content (AvgIpc) is 2.99. The van der Waals surface area contributed by atoms with Crippen molar-refractivity contribution >= 4 is 5.69 Å². The second-order valence-corrected chi connectivity index (χ2v) is 6.78. The normalized spacial score (nSPS) is 33.8. The average molecular weight is 256 g/mol. The van der Waals surface area contributed by atoms with Crippen LogP contribution in [0.4, 0.5) is 5.69 Å². The first-order chi connectivity index (χ1) is 9.38. The molecule has 0 radical (unpaired) electrons. The van der Waals surface area contributed by atoms with Gasteiger partial charge in [-0.2, -0.15) is 0 Å². The number of anilines is 1. The highest BCUT2D eigenvalue weighted by molar-refractivity contribution is 5.53. The Labute approximate surface area is 116 Å². The molecule has 1 N–H and O–H groups in total. The highest BCUT2D eigenvalue weighted by Gasteiger charge is 2.36. The van der Waals surface area contributed by atoms with E-state index in [0.717, 1.165) is 24.3 Å². The summed E-state index contributed by atoms with van der Waals surface area (Å²) >= 11 is 0. The van der Waals surface area contributed by atoms with E-state index in [-0.39, 0.29) is 0 Å². The third-order valence-corrected chi connectivity index (χ3v) is 5.43. The molecule has 2 heteroatoms. The van der Waals surface area contributed by atoms with Gasteiger partial charge in [-0.15, -0.1) is 0 Å². The van der Waals surface area contributed by atoms with Gasteiger partial charge in [-0.1, -0.05) is 24.6 Å². The van der Waals surface area contributed by atoms with Gasteiger partial charge in [0.25, 0.3) is 0 Å². The van der Waals surface area contributed by atoms with Crippen molar-refractivity contribution in [3.63, 3.8) is 0 Å². The summed E-state index contributed by atoms with van der Waals surface area (Å²) < 4.78 is 0. The molecule has 4 rings (SSSR count). The van der Waals surface area contributed by atoms with Crippen LogP contribution < -0.4 is 5.32 Å². The van der Waals surface area contributed by atoms with Gasteiger partial charge in [0.2, 0.25) is 0 Å². The molecule has 19 heavy (non-hydrogen) atoms. The van der Waals surface area contributed by atoms with E-state index in [1.807, 2.05) is 0 Å². The predicted molar refractivity (Wildman–Crippen MR) is 79.4 cm³/mol. The summed E-state index contributed by atoms with van der Waals surface area (Å²) in [5.74, 6) is 2.86. The van der Waals surface area contributed by atoms with Crippen LogP contribution in [0.2, 0.25) is 0 Å². The Morgan fingerprint density at radius 2 is 1.89 bits per heavy atom. The zero-order valence-electron chi connectivity index (χ0n) is 11.6. The lowest BCUT2D eigenvalue weighted by Crippen LogP contribution is -2.35.